The number of aromatic nitrogens is 2. The van der Waals surface area contributed by atoms with Crippen molar-refractivity contribution in [2.24, 2.45) is 5.73 Å². The molecule has 1 aliphatic rings. The number of rotatable bonds is 2. The lowest BCUT2D eigenvalue weighted by Gasteiger charge is -2.32. The summed E-state index contributed by atoms with van der Waals surface area (Å²) in [5.74, 6) is -0.770. The number of nitrogens with one attached hydrogen (secondary N) is 1. The van der Waals surface area contributed by atoms with Crippen LogP contribution in [0.2, 0.25) is 5.02 Å². The number of carbonyl (C=O) groups is 1. The number of nitrogens with two attached hydrogens (primary N) is 1. The van der Waals surface area contributed by atoms with Crippen LogP contribution < -0.4 is 11.1 Å². The molecule has 3 rings (SSSR count). The third-order valence-corrected chi connectivity index (χ3v) is 3.77. The SMILES string of the molecule is NC(=O)c1nn2c(c1Cl)N[C@@H](c1ccco1)C[C@H]2C(F)(F)F. The summed E-state index contributed by atoms with van der Waals surface area (Å²) in [6, 6.07) is 0.440. The van der Waals surface area contributed by atoms with Crippen LogP contribution >= 0.6 is 11.6 Å². The van der Waals surface area contributed by atoms with Gasteiger partial charge in [0, 0.05) is 6.42 Å². The van der Waals surface area contributed by atoms with Gasteiger partial charge in [-0.25, -0.2) is 4.68 Å². The average Bonchev–Trinajstić information content (AvgIpc) is 3.05. The maximum absolute atomic E-state index is 13.3. The molecule has 1 aliphatic heterocycles. The van der Waals surface area contributed by atoms with E-state index >= 15 is 0 Å². The molecule has 0 fully saturated rings. The molecule has 6 nitrogen and oxygen atoms in total. The molecular weight excluding hydrogens is 325 g/mol. The van der Waals surface area contributed by atoms with Crippen molar-refractivity contribution >= 4 is 23.3 Å². The minimum Gasteiger partial charge on any atom is -0.467 e. The highest BCUT2D eigenvalue weighted by molar-refractivity contribution is 6.36. The molecule has 3 heterocycles. The number of carbonyl (C=O) groups excluding carboxylic acids is 1. The summed E-state index contributed by atoms with van der Waals surface area (Å²) >= 11 is 5.93. The molecule has 0 saturated heterocycles. The molecule has 22 heavy (non-hydrogen) atoms. The Balaban J connectivity index is 2.10. The molecule has 0 radical (unpaired) electrons. The molecular formula is C12H10ClF3N4O2. The van der Waals surface area contributed by atoms with Crippen molar-refractivity contribution in [1.29, 1.82) is 0 Å². The lowest BCUT2D eigenvalue weighted by atomic mass is 10.0. The van der Waals surface area contributed by atoms with Crippen molar-refractivity contribution < 1.29 is 22.4 Å². The van der Waals surface area contributed by atoms with Gasteiger partial charge in [-0.1, -0.05) is 11.6 Å². The Morgan fingerprint density at radius 2 is 2.27 bits per heavy atom. The zero-order chi connectivity index (χ0) is 16.1. The monoisotopic (exact) mass is 334 g/mol. The second-order valence-electron chi connectivity index (χ2n) is 4.83. The van der Waals surface area contributed by atoms with Gasteiger partial charge in [0.1, 0.15) is 16.6 Å². The highest BCUT2D eigenvalue weighted by atomic mass is 35.5. The van der Waals surface area contributed by atoms with E-state index in [4.69, 9.17) is 21.8 Å². The Bertz CT molecular complexity index is 711. The molecule has 10 heteroatoms. The summed E-state index contributed by atoms with van der Waals surface area (Å²) in [5, 5.41) is 6.18. The summed E-state index contributed by atoms with van der Waals surface area (Å²) in [5.41, 5.74) is 4.68. The van der Waals surface area contributed by atoms with Crippen molar-refractivity contribution in [3.8, 4) is 0 Å². The zero-order valence-corrected chi connectivity index (χ0v) is 11.6. The van der Waals surface area contributed by atoms with Crippen molar-refractivity contribution in [2.75, 3.05) is 5.32 Å². The number of anilines is 1. The van der Waals surface area contributed by atoms with E-state index in [2.05, 4.69) is 10.4 Å². The minimum atomic E-state index is -4.56. The molecule has 2 aromatic rings. The van der Waals surface area contributed by atoms with Crippen LogP contribution in [-0.2, 0) is 0 Å². The summed E-state index contributed by atoms with van der Waals surface area (Å²) < 4.78 is 45.7. The van der Waals surface area contributed by atoms with E-state index in [-0.39, 0.29) is 17.3 Å². The Hall–Kier alpha value is -2.16. The van der Waals surface area contributed by atoms with Gasteiger partial charge in [0.2, 0.25) is 0 Å². The van der Waals surface area contributed by atoms with E-state index in [0.717, 1.165) is 0 Å². The third-order valence-electron chi connectivity index (χ3n) is 3.42. The molecule has 2 atom stereocenters. The third kappa shape index (κ3) is 2.31. The Morgan fingerprint density at radius 1 is 1.55 bits per heavy atom. The van der Waals surface area contributed by atoms with Gasteiger partial charge in [0.15, 0.2) is 11.7 Å². The second-order valence-corrected chi connectivity index (χ2v) is 5.20. The molecule has 0 unspecified atom stereocenters. The average molecular weight is 335 g/mol. The van der Waals surface area contributed by atoms with E-state index in [1.807, 2.05) is 0 Å². The van der Waals surface area contributed by atoms with E-state index in [0.29, 0.717) is 10.4 Å². The van der Waals surface area contributed by atoms with E-state index in [1.165, 1.54) is 6.26 Å². The summed E-state index contributed by atoms with van der Waals surface area (Å²) in [6.07, 6.45) is -3.55. The molecule has 0 aliphatic carbocycles. The molecule has 1 amide bonds. The molecule has 2 aromatic heterocycles. The van der Waals surface area contributed by atoms with Crippen LogP contribution in [0.4, 0.5) is 19.0 Å². The van der Waals surface area contributed by atoms with Crippen molar-refractivity contribution in [1.82, 2.24) is 9.78 Å². The molecule has 0 bridgehead atoms. The lowest BCUT2D eigenvalue weighted by molar-refractivity contribution is -0.174. The minimum absolute atomic E-state index is 0.106. The van der Waals surface area contributed by atoms with Crippen LogP contribution in [0.1, 0.15) is 34.8 Å². The number of fused-ring (bicyclic) bond motifs is 1. The largest absolute Gasteiger partial charge is 0.467 e. The molecule has 3 N–H and O–H groups in total. The fraction of sp³-hybridized carbons (Fsp3) is 0.333. The number of alkyl halides is 3. The van der Waals surface area contributed by atoms with Crippen LogP contribution in [0.25, 0.3) is 0 Å². The number of furan rings is 1. The van der Waals surface area contributed by atoms with E-state index in [9.17, 15) is 18.0 Å². The predicted octanol–water partition coefficient (Wildman–Crippen LogP) is 2.89. The lowest BCUT2D eigenvalue weighted by Crippen LogP contribution is -2.35. The van der Waals surface area contributed by atoms with Gasteiger partial charge in [-0.05, 0) is 12.1 Å². The molecule has 0 spiro atoms. The number of nitrogens with zero attached hydrogens (tertiary/aromatic N) is 2. The molecule has 0 aromatic carbocycles. The second kappa shape index (κ2) is 4.94. The predicted molar refractivity (Wildman–Crippen MR) is 70.5 cm³/mol. The normalized spacial score (nSPS) is 21.3. The summed E-state index contributed by atoms with van der Waals surface area (Å²) in [7, 11) is 0. The first-order valence-corrected chi connectivity index (χ1v) is 6.61. The number of hydrogen-bond acceptors (Lipinski definition) is 4. The van der Waals surface area contributed by atoms with Gasteiger partial charge in [0.25, 0.3) is 5.91 Å². The number of amides is 1. The number of halogens is 4. The van der Waals surface area contributed by atoms with Gasteiger partial charge in [0.05, 0.1) is 12.3 Å². The fourth-order valence-corrected chi connectivity index (χ4v) is 2.70. The van der Waals surface area contributed by atoms with Gasteiger partial charge < -0.3 is 15.5 Å². The van der Waals surface area contributed by atoms with Crippen LogP contribution in [-0.4, -0.2) is 21.9 Å². The van der Waals surface area contributed by atoms with Gasteiger partial charge >= 0.3 is 6.18 Å². The standard InChI is InChI=1S/C12H10ClF3N4O2/c13-8-9(10(17)21)19-20-7(12(14,15)16)4-5(18-11(8)20)6-2-1-3-22-6/h1-3,5,7,18H,4H2,(H2,17,21)/t5-,7+/m1/s1. The van der Waals surface area contributed by atoms with E-state index < -0.39 is 29.9 Å². The maximum Gasteiger partial charge on any atom is 0.410 e. The number of hydrogen-bond donors (Lipinski definition) is 2. The van der Waals surface area contributed by atoms with Gasteiger partial charge in [-0.15, -0.1) is 0 Å². The fourth-order valence-electron chi connectivity index (χ4n) is 2.42. The maximum atomic E-state index is 13.3. The summed E-state index contributed by atoms with van der Waals surface area (Å²) in [6.45, 7) is 0. The van der Waals surface area contributed by atoms with Crippen LogP contribution in [0.15, 0.2) is 22.8 Å². The highest BCUT2D eigenvalue weighted by Gasteiger charge is 2.48. The first-order chi connectivity index (χ1) is 10.3. The highest BCUT2D eigenvalue weighted by Crippen LogP contribution is 2.46. The van der Waals surface area contributed by atoms with Crippen LogP contribution in [0.5, 0.6) is 0 Å². The number of primary amides is 1. The molecule has 118 valence electrons. The Labute approximate surface area is 127 Å². The van der Waals surface area contributed by atoms with Crippen molar-refractivity contribution in [2.45, 2.75) is 24.7 Å². The van der Waals surface area contributed by atoms with Crippen molar-refractivity contribution in [3.63, 3.8) is 0 Å². The van der Waals surface area contributed by atoms with Crippen molar-refractivity contribution in [3.05, 3.63) is 34.9 Å². The summed E-state index contributed by atoms with van der Waals surface area (Å²) in [4.78, 5) is 11.2. The zero-order valence-electron chi connectivity index (χ0n) is 10.9. The smallest absolute Gasteiger partial charge is 0.410 e. The first kappa shape index (κ1) is 14.8. The van der Waals surface area contributed by atoms with Gasteiger partial charge in [-0.3, -0.25) is 4.79 Å². The van der Waals surface area contributed by atoms with Gasteiger partial charge in [-0.2, -0.15) is 18.3 Å². The van der Waals surface area contributed by atoms with Crippen LogP contribution in [0.3, 0.4) is 0 Å². The Morgan fingerprint density at radius 3 is 2.82 bits per heavy atom. The molecule has 0 saturated carbocycles. The van der Waals surface area contributed by atoms with E-state index in [1.54, 1.807) is 12.1 Å². The Kier molecular flexibility index (Phi) is 3.32. The quantitative estimate of drug-likeness (QED) is 0.884. The first-order valence-electron chi connectivity index (χ1n) is 6.23. The topological polar surface area (TPSA) is 86.1 Å². The van der Waals surface area contributed by atoms with Crippen LogP contribution in [0, 0.1) is 0 Å².